The molecular formula is C8H9FN4. The van der Waals surface area contributed by atoms with E-state index < -0.39 is 0 Å². The second-order valence-electron chi connectivity index (χ2n) is 2.27. The summed E-state index contributed by atoms with van der Waals surface area (Å²) in [5.74, 6) is 4.84. The molecule has 0 spiro atoms. The van der Waals surface area contributed by atoms with Crippen molar-refractivity contribution >= 4 is 17.7 Å². The Morgan fingerprint density at radius 2 is 2.38 bits per heavy atom. The van der Waals surface area contributed by atoms with Gasteiger partial charge in [0.1, 0.15) is 5.82 Å². The van der Waals surface area contributed by atoms with E-state index in [0.717, 1.165) is 6.21 Å². The molecule has 13 heavy (non-hydrogen) atoms. The van der Waals surface area contributed by atoms with Crippen molar-refractivity contribution in [1.29, 1.82) is 5.41 Å². The zero-order valence-electron chi connectivity index (χ0n) is 6.79. The van der Waals surface area contributed by atoms with E-state index in [1.807, 2.05) is 0 Å². The second-order valence-corrected chi connectivity index (χ2v) is 2.27. The van der Waals surface area contributed by atoms with Gasteiger partial charge in [0, 0.05) is 0 Å². The van der Waals surface area contributed by atoms with Crippen molar-refractivity contribution in [3.05, 3.63) is 30.1 Å². The first-order valence-corrected chi connectivity index (χ1v) is 3.57. The minimum absolute atomic E-state index is 0.172. The summed E-state index contributed by atoms with van der Waals surface area (Å²) in [4.78, 5) is 3.85. The van der Waals surface area contributed by atoms with Crippen LogP contribution in [-0.2, 0) is 0 Å². The molecule has 4 N–H and O–H groups in total. The summed E-state index contributed by atoms with van der Waals surface area (Å²) in [6.07, 6.45) is 0.949. The van der Waals surface area contributed by atoms with Crippen molar-refractivity contribution in [3.63, 3.8) is 0 Å². The predicted octanol–water partition coefficient (Wildman–Crippen LogP) is 0.969. The summed E-state index contributed by atoms with van der Waals surface area (Å²) in [6, 6.07) is 5.72. The van der Waals surface area contributed by atoms with E-state index in [1.54, 1.807) is 6.07 Å². The predicted molar refractivity (Wildman–Crippen MR) is 49.6 cm³/mol. The molecule has 0 radical (unpaired) electrons. The molecule has 0 aliphatic rings. The molecule has 1 aromatic rings. The average molecular weight is 180 g/mol. The molecule has 0 bridgehead atoms. The number of benzene rings is 1. The highest BCUT2D eigenvalue weighted by molar-refractivity contribution is 6.28. The van der Waals surface area contributed by atoms with Crippen molar-refractivity contribution in [2.75, 3.05) is 0 Å². The topological polar surface area (TPSA) is 74.3 Å². The number of amidine groups is 1. The first kappa shape index (κ1) is 9.34. The molecule has 68 valence electrons. The highest BCUT2D eigenvalue weighted by atomic mass is 19.1. The van der Waals surface area contributed by atoms with E-state index in [2.05, 4.69) is 10.4 Å². The first-order chi connectivity index (χ1) is 6.26. The number of hydrogen-bond acceptors (Lipinski definition) is 3. The van der Waals surface area contributed by atoms with E-state index in [9.17, 15) is 4.39 Å². The van der Waals surface area contributed by atoms with E-state index in [4.69, 9.17) is 11.3 Å². The molecule has 4 nitrogen and oxygen atoms in total. The van der Waals surface area contributed by atoms with Gasteiger partial charge in [-0.15, -0.1) is 0 Å². The Bertz CT molecular complexity index is 335. The van der Waals surface area contributed by atoms with Crippen LogP contribution in [0.15, 0.2) is 29.3 Å². The molecule has 0 aliphatic carbocycles. The Hall–Kier alpha value is -1.75. The van der Waals surface area contributed by atoms with Crippen LogP contribution in [0.3, 0.4) is 0 Å². The number of aliphatic imine (C=N–C) groups is 1. The van der Waals surface area contributed by atoms with Crippen LogP contribution in [0.2, 0.25) is 0 Å². The first-order valence-electron chi connectivity index (χ1n) is 3.57. The van der Waals surface area contributed by atoms with Crippen LogP contribution in [-0.4, -0.2) is 12.1 Å². The number of nitrogens with two attached hydrogens (primary N) is 1. The van der Waals surface area contributed by atoms with Gasteiger partial charge >= 0.3 is 0 Å². The van der Waals surface area contributed by atoms with E-state index >= 15 is 0 Å². The molecule has 5 heteroatoms. The minimum atomic E-state index is -0.373. The molecule has 0 atom stereocenters. The van der Waals surface area contributed by atoms with Crippen LogP contribution in [0, 0.1) is 11.2 Å². The monoisotopic (exact) mass is 180 g/mol. The van der Waals surface area contributed by atoms with Crippen molar-refractivity contribution in [3.8, 4) is 0 Å². The summed E-state index contributed by atoms with van der Waals surface area (Å²) < 4.78 is 12.6. The Morgan fingerprint density at radius 3 is 2.92 bits per heavy atom. The molecule has 0 aliphatic heterocycles. The maximum atomic E-state index is 12.6. The van der Waals surface area contributed by atoms with Gasteiger partial charge in [-0.1, -0.05) is 6.07 Å². The second kappa shape index (κ2) is 4.32. The summed E-state index contributed by atoms with van der Waals surface area (Å²) in [7, 11) is 0. The lowest BCUT2D eigenvalue weighted by molar-refractivity contribution is 0.628. The summed E-state index contributed by atoms with van der Waals surface area (Å²) >= 11 is 0. The molecule has 0 aromatic heterocycles. The van der Waals surface area contributed by atoms with E-state index in [0.29, 0.717) is 5.69 Å². The Kier molecular flexibility index (Phi) is 3.10. The fourth-order valence-corrected chi connectivity index (χ4v) is 0.791. The third kappa shape index (κ3) is 2.64. The maximum Gasteiger partial charge on any atom is 0.158 e. The van der Waals surface area contributed by atoms with Crippen LogP contribution in [0.5, 0.6) is 0 Å². The summed E-state index contributed by atoms with van der Waals surface area (Å²) in [6.45, 7) is 0. The largest absolute Gasteiger partial charge is 0.307 e. The van der Waals surface area contributed by atoms with Gasteiger partial charge in [0.25, 0.3) is 0 Å². The zero-order valence-corrected chi connectivity index (χ0v) is 6.79. The van der Waals surface area contributed by atoms with E-state index in [1.165, 1.54) is 18.2 Å². The molecule has 0 amide bonds. The number of nitrogens with one attached hydrogen (secondary N) is 2. The van der Waals surface area contributed by atoms with Gasteiger partial charge in [0.2, 0.25) is 0 Å². The molecular weight excluding hydrogens is 171 g/mol. The van der Waals surface area contributed by atoms with Crippen LogP contribution in [0.1, 0.15) is 0 Å². The van der Waals surface area contributed by atoms with Gasteiger partial charge in [-0.05, 0) is 18.2 Å². The lowest BCUT2D eigenvalue weighted by atomic mass is 10.3. The minimum Gasteiger partial charge on any atom is -0.307 e. The molecule has 1 aromatic carbocycles. The van der Waals surface area contributed by atoms with Gasteiger partial charge in [-0.3, -0.25) is 0 Å². The van der Waals surface area contributed by atoms with Crippen LogP contribution in [0.25, 0.3) is 0 Å². The van der Waals surface area contributed by atoms with Crippen molar-refractivity contribution < 1.29 is 4.39 Å². The Balaban J connectivity index is 2.95. The van der Waals surface area contributed by atoms with Crippen molar-refractivity contribution in [1.82, 2.24) is 5.43 Å². The number of rotatable bonds is 2. The maximum absolute atomic E-state index is 12.6. The average Bonchev–Trinajstić information content (AvgIpc) is 2.14. The molecule has 0 unspecified atom stereocenters. The zero-order chi connectivity index (χ0) is 9.68. The number of nitrogens with zero attached hydrogens (tertiary/aromatic N) is 1. The number of hydrazine groups is 1. The molecule has 0 heterocycles. The number of halogens is 1. The van der Waals surface area contributed by atoms with Gasteiger partial charge in [0.05, 0.1) is 11.9 Å². The molecule has 0 fully saturated rings. The van der Waals surface area contributed by atoms with Gasteiger partial charge in [-0.2, -0.15) is 0 Å². The standard InChI is InChI=1S/C8H9FN4/c9-6-2-1-3-7(4-6)12-8(5-10)13-11/h1-5,10H,11H2,(H,12,13). The summed E-state index contributed by atoms with van der Waals surface area (Å²) in [5, 5.41) is 6.87. The van der Waals surface area contributed by atoms with Gasteiger partial charge in [0.15, 0.2) is 5.84 Å². The quantitative estimate of drug-likeness (QED) is 0.274. The Morgan fingerprint density at radius 1 is 1.62 bits per heavy atom. The van der Waals surface area contributed by atoms with Crippen LogP contribution < -0.4 is 11.3 Å². The van der Waals surface area contributed by atoms with Crippen LogP contribution >= 0.6 is 0 Å². The van der Waals surface area contributed by atoms with Crippen molar-refractivity contribution in [2.24, 2.45) is 10.8 Å². The highest BCUT2D eigenvalue weighted by Crippen LogP contribution is 2.12. The van der Waals surface area contributed by atoms with Gasteiger partial charge < -0.3 is 10.8 Å². The number of hydrogen-bond donors (Lipinski definition) is 3. The molecule has 0 saturated heterocycles. The van der Waals surface area contributed by atoms with Crippen molar-refractivity contribution in [2.45, 2.75) is 0 Å². The smallest absolute Gasteiger partial charge is 0.158 e. The normalized spacial score (nSPS) is 11.1. The third-order valence-electron chi connectivity index (χ3n) is 1.34. The highest BCUT2D eigenvalue weighted by Gasteiger charge is 1.94. The Labute approximate surface area is 74.8 Å². The lowest BCUT2D eigenvalue weighted by Crippen LogP contribution is -2.30. The molecule has 1 rings (SSSR count). The fourth-order valence-electron chi connectivity index (χ4n) is 0.791. The molecule has 0 saturated carbocycles. The summed E-state index contributed by atoms with van der Waals surface area (Å²) in [5.41, 5.74) is 2.62. The third-order valence-corrected chi connectivity index (χ3v) is 1.34. The van der Waals surface area contributed by atoms with E-state index in [-0.39, 0.29) is 11.7 Å². The SMILES string of the molecule is N=CC(=Nc1cccc(F)c1)NN. The van der Waals surface area contributed by atoms with Gasteiger partial charge in [-0.25, -0.2) is 15.2 Å². The lowest BCUT2D eigenvalue weighted by Gasteiger charge is -1.98. The van der Waals surface area contributed by atoms with Crippen LogP contribution in [0.4, 0.5) is 10.1 Å². The fraction of sp³-hybridized carbons (Fsp3) is 0.